The summed E-state index contributed by atoms with van der Waals surface area (Å²) in [7, 11) is 0. The maximum Gasteiger partial charge on any atom is 0.345 e. The average Bonchev–Trinajstić information content (AvgIpc) is 2.05. The summed E-state index contributed by atoms with van der Waals surface area (Å²) in [5.74, 6) is -1.26. The van der Waals surface area contributed by atoms with Crippen LogP contribution in [0.1, 0.15) is 17.3 Å². The molecule has 0 amide bonds. The molecule has 1 radical (unpaired) electrons. The molecule has 1 rings (SSSR count). The first-order valence-electron chi connectivity index (χ1n) is 3.33. The predicted molar refractivity (Wildman–Crippen MR) is 40.3 cm³/mol. The summed E-state index contributed by atoms with van der Waals surface area (Å²) in [5, 5.41) is 0. The maximum absolute atomic E-state index is 11.0. The van der Waals surface area contributed by atoms with Gasteiger partial charge in [0.05, 0.1) is 5.56 Å². The number of carbonyl (C=O) groups excluding carboxylic acids is 2. The summed E-state index contributed by atoms with van der Waals surface area (Å²) in [6, 6.07) is 2.95. The molecule has 69 valence electrons. The van der Waals surface area contributed by atoms with Gasteiger partial charge in [-0.25, -0.2) is 4.79 Å². The average molecular weight is 220 g/mol. The van der Waals surface area contributed by atoms with Gasteiger partial charge in [0.2, 0.25) is 0 Å². The van der Waals surface area contributed by atoms with Gasteiger partial charge in [-0.15, -0.1) is 0 Å². The molecule has 0 bridgehead atoms. The second-order valence-corrected chi connectivity index (χ2v) is 2.12. The Labute approximate surface area is 85.8 Å². The normalized spacial score (nSPS) is 8.38. The molecule has 0 aliphatic heterocycles. The van der Waals surface area contributed by atoms with Crippen LogP contribution in [-0.2, 0) is 26.6 Å². The van der Waals surface area contributed by atoms with Crippen LogP contribution in [-0.4, -0.2) is 16.9 Å². The molecule has 0 saturated heterocycles. The molecule has 0 saturated carbocycles. The van der Waals surface area contributed by atoms with E-state index < -0.39 is 11.9 Å². The second-order valence-electron chi connectivity index (χ2n) is 2.12. The number of rotatable bonds is 1. The van der Waals surface area contributed by atoms with Crippen molar-refractivity contribution in [3.63, 3.8) is 0 Å². The van der Waals surface area contributed by atoms with Gasteiger partial charge in [-0.3, -0.25) is 9.78 Å². The molecule has 1 aromatic rings. The van der Waals surface area contributed by atoms with Crippen LogP contribution in [0.2, 0.25) is 0 Å². The van der Waals surface area contributed by atoms with Crippen LogP contribution in [0.15, 0.2) is 24.5 Å². The van der Waals surface area contributed by atoms with Crippen molar-refractivity contribution in [3.8, 4) is 0 Å². The largest absolute Gasteiger partial charge is 0.390 e. The minimum Gasteiger partial charge on any atom is -0.390 e. The fraction of sp³-hybridized carbons (Fsp3) is 0.125. The minimum absolute atomic E-state index is 0. The van der Waals surface area contributed by atoms with Crippen LogP contribution in [0.4, 0.5) is 0 Å². The van der Waals surface area contributed by atoms with E-state index in [0.717, 1.165) is 0 Å². The topological polar surface area (TPSA) is 56.3 Å². The minimum atomic E-state index is -0.648. The molecule has 0 aliphatic rings. The summed E-state index contributed by atoms with van der Waals surface area (Å²) in [4.78, 5) is 25.1. The van der Waals surface area contributed by atoms with E-state index in [0.29, 0.717) is 5.56 Å². The molecule has 1 heterocycles. The first kappa shape index (κ1) is 11.8. The van der Waals surface area contributed by atoms with Gasteiger partial charge in [0, 0.05) is 36.4 Å². The van der Waals surface area contributed by atoms with Crippen molar-refractivity contribution >= 4 is 11.9 Å². The Kier molecular flexibility index (Phi) is 4.95. The van der Waals surface area contributed by atoms with E-state index in [4.69, 9.17) is 0 Å². The fourth-order valence-electron chi connectivity index (χ4n) is 0.677. The van der Waals surface area contributed by atoms with Crippen LogP contribution < -0.4 is 0 Å². The third-order valence-corrected chi connectivity index (χ3v) is 1.15. The third-order valence-electron chi connectivity index (χ3n) is 1.15. The number of hydrogen-bond acceptors (Lipinski definition) is 4. The quantitative estimate of drug-likeness (QED) is 0.398. The molecule has 5 heteroatoms. The van der Waals surface area contributed by atoms with E-state index in [9.17, 15) is 9.59 Å². The maximum atomic E-state index is 11.0. The number of nitrogens with zero attached hydrogens (tertiary/aromatic N) is 1. The smallest absolute Gasteiger partial charge is 0.345 e. The van der Waals surface area contributed by atoms with Crippen molar-refractivity contribution in [2.75, 3.05) is 0 Å². The molecule has 0 atom stereocenters. The molecule has 13 heavy (non-hydrogen) atoms. The number of ether oxygens (including phenoxy) is 1. The van der Waals surface area contributed by atoms with Gasteiger partial charge >= 0.3 is 11.9 Å². The molecule has 0 fully saturated rings. The summed E-state index contributed by atoms with van der Waals surface area (Å²) in [5.41, 5.74) is 0.320. The Morgan fingerprint density at radius 2 is 1.85 bits per heavy atom. The molecule has 0 unspecified atom stereocenters. The Hall–Kier alpha value is -1.19. The van der Waals surface area contributed by atoms with E-state index in [1.165, 1.54) is 31.5 Å². The molecular weight excluding hydrogens is 213 g/mol. The van der Waals surface area contributed by atoms with Gasteiger partial charge < -0.3 is 4.74 Å². The molecule has 0 N–H and O–H groups in total. The Morgan fingerprint density at radius 1 is 1.31 bits per heavy atom. The fourth-order valence-corrected chi connectivity index (χ4v) is 0.677. The molecule has 4 nitrogen and oxygen atoms in total. The molecule has 0 spiro atoms. The van der Waals surface area contributed by atoms with Crippen molar-refractivity contribution in [3.05, 3.63) is 30.1 Å². The van der Waals surface area contributed by atoms with Gasteiger partial charge in [-0.2, -0.15) is 0 Å². The van der Waals surface area contributed by atoms with Crippen LogP contribution in [0.25, 0.3) is 0 Å². The molecule has 0 aliphatic carbocycles. The zero-order valence-corrected chi connectivity index (χ0v) is 8.04. The monoisotopic (exact) mass is 220 g/mol. The van der Waals surface area contributed by atoms with Crippen LogP contribution in [0, 0.1) is 0 Å². The van der Waals surface area contributed by atoms with Gasteiger partial charge in [-0.05, 0) is 12.1 Å². The van der Waals surface area contributed by atoms with Crippen LogP contribution >= 0.6 is 0 Å². The van der Waals surface area contributed by atoms with Crippen molar-refractivity contribution in [1.82, 2.24) is 4.98 Å². The van der Waals surface area contributed by atoms with E-state index >= 15 is 0 Å². The van der Waals surface area contributed by atoms with E-state index in [2.05, 4.69) is 9.72 Å². The molecule has 0 aromatic carbocycles. The second kappa shape index (κ2) is 5.45. The summed E-state index contributed by atoms with van der Waals surface area (Å²) in [6.07, 6.45) is 2.91. The summed E-state index contributed by atoms with van der Waals surface area (Å²) >= 11 is 0. The van der Waals surface area contributed by atoms with Gasteiger partial charge in [-0.1, -0.05) is 0 Å². The van der Waals surface area contributed by atoms with Crippen molar-refractivity contribution in [2.24, 2.45) is 0 Å². The number of carbonyl (C=O) groups is 2. The SMILES string of the molecule is CC(=O)OC(=O)c1ccncc1.[Mn]. The number of hydrogen-bond donors (Lipinski definition) is 0. The summed E-state index contributed by atoms with van der Waals surface area (Å²) < 4.78 is 4.33. The Balaban J connectivity index is 0.00000144. The standard InChI is InChI=1S/C8H7NO3.Mn/c1-6(10)12-8(11)7-2-4-9-5-3-7;/h2-5H,1H3;. The van der Waals surface area contributed by atoms with Gasteiger partial charge in [0.15, 0.2) is 0 Å². The van der Waals surface area contributed by atoms with Crippen LogP contribution in [0.3, 0.4) is 0 Å². The predicted octanol–water partition coefficient (Wildman–Crippen LogP) is 0.782. The van der Waals surface area contributed by atoms with Gasteiger partial charge in [0.1, 0.15) is 0 Å². The van der Waals surface area contributed by atoms with E-state index in [1.54, 1.807) is 0 Å². The van der Waals surface area contributed by atoms with Gasteiger partial charge in [0.25, 0.3) is 0 Å². The van der Waals surface area contributed by atoms with Crippen molar-refractivity contribution < 1.29 is 31.4 Å². The zero-order valence-electron chi connectivity index (χ0n) is 6.86. The van der Waals surface area contributed by atoms with Crippen molar-refractivity contribution in [2.45, 2.75) is 6.92 Å². The number of aromatic nitrogens is 1. The Morgan fingerprint density at radius 3 is 2.31 bits per heavy atom. The number of esters is 2. The molecular formula is C8H7MnNO3. The number of pyridine rings is 1. The van der Waals surface area contributed by atoms with E-state index in [1.807, 2.05) is 0 Å². The van der Waals surface area contributed by atoms with Crippen LogP contribution in [0.5, 0.6) is 0 Å². The zero-order chi connectivity index (χ0) is 8.97. The molecule has 1 aromatic heterocycles. The third kappa shape index (κ3) is 3.82. The summed E-state index contributed by atoms with van der Waals surface area (Å²) in [6.45, 7) is 1.18. The Bertz CT molecular complexity index is 300. The first-order valence-corrected chi connectivity index (χ1v) is 3.33. The van der Waals surface area contributed by atoms with E-state index in [-0.39, 0.29) is 17.1 Å². The first-order chi connectivity index (χ1) is 5.70. The van der Waals surface area contributed by atoms with Crippen molar-refractivity contribution in [1.29, 1.82) is 0 Å².